The van der Waals surface area contributed by atoms with Gasteiger partial charge in [0.15, 0.2) is 0 Å². The third-order valence-electron chi connectivity index (χ3n) is 14.8. The summed E-state index contributed by atoms with van der Waals surface area (Å²) in [5.41, 5.74) is 11.2. The molecule has 0 saturated carbocycles. The van der Waals surface area contributed by atoms with Crippen molar-refractivity contribution in [1.29, 1.82) is 0 Å². The van der Waals surface area contributed by atoms with Crippen molar-refractivity contribution >= 4 is 28.8 Å². The molecule has 0 spiro atoms. The zero-order valence-electron chi connectivity index (χ0n) is 45.1. The van der Waals surface area contributed by atoms with E-state index in [2.05, 4.69) is 128 Å². The maximum Gasteiger partial charge on any atom is 4.00 e. The minimum Gasteiger partial charge on any atom is -1.00 e. The van der Waals surface area contributed by atoms with Gasteiger partial charge < -0.3 is 37.2 Å². The maximum atomic E-state index is 2.80. The molecule has 380 valence electrons. The van der Waals surface area contributed by atoms with Crippen molar-refractivity contribution in [2.45, 2.75) is 260 Å². The molecule has 1 unspecified atom stereocenters. The van der Waals surface area contributed by atoms with E-state index in [9.17, 15) is 0 Å². The molecule has 0 N–H and O–H groups in total. The van der Waals surface area contributed by atoms with Gasteiger partial charge in [-0.3, -0.25) is 0 Å². The first kappa shape index (κ1) is 66.8. The van der Waals surface area contributed by atoms with Gasteiger partial charge in [-0.25, -0.2) is 12.1 Å². The SMILES string of the molecule is CCCCCCc1cc(CCCCCC)cc([Si](c2cc(CCCCCC)cc(CCCCCC)c2)(c2cc(CCCCCC)cc(CCCCCC)c2)[c-]2cccc2C(C)CC)c1.[Cl-].[Cl-].[Cl-].[Ti+4]. The molecule has 4 rings (SSSR count). The number of unbranched alkanes of at least 4 members (excludes halogenated alkanes) is 18. The first-order chi connectivity index (χ1) is 31.4. The van der Waals surface area contributed by atoms with E-state index in [1.165, 1.54) is 199 Å². The van der Waals surface area contributed by atoms with E-state index in [4.69, 9.17) is 0 Å². The Morgan fingerprint density at radius 2 is 0.618 bits per heavy atom. The molecule has 0 amide bonds. The molecule has 1 atom stereocenters. The smallest absolute Gasteiger partial charge is 1.00 e. The number of halogens is 3. The zero-order valence-corrected chi connectivity index (χ0v) is 49.9. The van der Waals surface area contributed by atoms with Gasteiger partial charge in [-0.1, -0.05) is 248 Å². The van der Waals surface area contributed by atoms with Crippen LogP contribution in [0.25, 0.3) is 0 Å². The third-order valence-corrected chi connectivity index (χ3v) is 19.5. The standard InChI is InChI=1S/C63H99Si.3ClH.Ti/c1-9-16-22-28-35-53-43-54(36-29-23-17-10-2)47-59(46-53)64(63-42-34-41-62(63)52(8)15-7,60-48-55(37-30-24-18-11-3)44-56(49-60)38-31-25-19-12-4)61-50-57(39-32-26-20-13-5)45-58(51-61)40-33-27-21-14-6;;;;/h34,41-52H,9-33,35-40H2,1-8H3;3*1H;/q-1;;;;+4/p-3. The van der Waals surface area contributed by atoms with Crippen molar-refractivity contribution in [3.8, 4) is 0 Å². The molecule has 0 aliphatic carbocycles. The Morgan fingerprint density at radius 1 is 0.368 bits per heavy atom. The molecule has 0 nitrogen and oxygen atoms in total. The molecular weight excluding hydrogens is 939 g/mol. The van der Waals surface area contributed by atoms with Crippen molar-refractivity contribution in [1.82, 2.24) is 0 Å². The van der Waals surface area contributed by atoms with Crippen molar-refractivity contribution in [2.75, 3.05) is 0 Å². The zero-order chi connectivity index (χ0) is 45.8. The van der Waals surface area contributed by atoms with E-state index in [0.717, 1.165) is 0 Å². The second kappa shape index (κ2) is 39.4. The summed E-state index contributed by atoms with van der Waals surface area (Å²) in [4.78, 5) is 0. The van der Waals surface area contributed by atoms with Crippen LogP contribution in [0.1, 0.15) is 261 Å². The number of hydrogen-bond acceptors (Lipinski definition) is 0. The summed E-state index contributed by atoms with van der Waals surface area (Å²) in [6.45, 7) is 19.1. The van der Waals surface area contributed by atoms with E-state index in [1.807, 2.05) is 0 Å². The molecule has 5 heteroatoms. The molecule has 0 bridgehead atoms. The number of rotatable bonds is 36. The summed E-state index contributed by atoms with van der Waals surface area (Å²) in [7, 11) is -2.89. The maximum absolute atomic E-state index is 2.89. The summed E-state index contributed by atoms with van der Waals surface area (Å²) < 4.78 is 0. The Hall–Kier alpha value is -1.19. The van der Waals surface area contributed by atoms with E-state index >= 15 is 0 Å². The third kappa shape index (κ3) is 21.5. The Balaban J connectivity index is 0.0000112. The average Bonchev–Trinajstić information content (AvgIpc) is 3.80. The Morgan fingerprint density at radius 3 is 0.838 bits per heavy atom. The molecular formula is C63H99Cl3SiTi. The van der Waals surface area contributed by atoms with Gasteiger partial charge in [0.25, 0.3) is 0 Å². The van der Waals surface area contributed by atoms with Gasteiger partial charge in [0.05, 0.1) is 0 Å². The van der Waals surface area contributed by atoms with Crippen LogP contribution in [0.3, 0.4) is 0 Å². The van der Waals surface area contributed by atoms with Gasteiger partial charge in [-0.2, -0.15) is 11.6 Å². The summed E-state index contributed by atoms with van der Waals surface area (Å²) in [5.74, 6) is 0.513. The summed E-state index contributed by atoms with van der Waals surface area (Å²) >= 11 is 0. The fraction of sp³-hybridized carbons (Fsp3) is 0.635. The number of hydrogen-bond donors (Lipinski definition) is 0. The van der Waals surface area contributed by atoms with Gasteiger partial charge in [0.1, 0.15) is 8.07 Å². The predicted molar refractivity (Wildman–Crippen MR) is 291 cm³/mol. The minimum absolute atomic E-state index is 0. The van der Waals surface area contributed by atoms with Crippen LogP contribution in [0.4, 0.5) is 0 Å². The molecule has 0 aromatic heterocycles. The second-order valence-corrected chi connectivity index (χ2v) is 24.2. The van der Waals surface area contributed by atoms with Crippen LogP contribution in [-0.4, -0.2) is 8.07 Å². The number of benzene rings is 3. The van der Waals surface area contributed by atoms with Crippen molar-refractivity contribution < 1.29 is 58.9 Å². The second-order valence-electron chi connectivity index (χ2n) is 20.4. The molecule has 68 heavy (non-hydrogen) atoms. The molecule has 0 saturated heterocycles. The molecule has 0 aliphatic rings. The summed E-state index contributed by atoms with van der Waals surface area (Å²) in [6.07, 6.45) is 39.9. The fourth-order valence-corrected chi connectivity index (χ4v) is 16.2. The van der Waals surface area contributed by atoms with E-state index in [0.29, 0.717) is 5.92 Å². The minimum atomic E-state index is -2.89. The van der Waals surface area contributed by atoms with E-state index < -0.39 is 8.07 Å². The molecule has 0 radical (unpaired) electrons. The molecule has 0 aliphatic heterocycles. The van der Waals surface area contributed by atoms with Crippen molar-refractivity contribution in [3.63, 3.8) is 0 Å². The van der Waals surface area contributed by atoms with Crippen LogP contribution >= 0.6 is 0 Å². The van der Waals surface area contributed by atoms with Gasteiger partial charge in [-0.05, 0) is 116 Å². The molecule has 4 aromatic carbocycles. The van der Waals surface area contributed by atoms with Crippen molar-refractivity contribution in [3.05, 3.63) is 112 Å². The molecule has 4 aromatic rings. The monoisotopic (exact) mass is 1040 g/mol. The van der Waals surface area contributed by atoms with Crippen LogP contribution in [0.15, 0.2) is 72.8 Å². The molecule has 0 fully saturated rings. The first-order valence-electron chi connectivity index (χ1n) is 28.0. The Kier molecular flexibility index (Phi) is 38.7. The van der Waals surface area contributed by atoms with Crippen LogP contribution in [0.2, 0.25) is 0 Å². The molecule has 0 heterocycles. The van der Waals surface area contributed by atoms with Crippen LogP contribution < -0.4 is 58.0 Å². The Bertz CT molecular complexity index is 1580. The van der Waals surface area contributed by atoms with Crippen molar-refractivity contribution in [2.24, 2.45) is 0 Å². The van der Waals surface area contributed by atoms with Gasteiger partial charge >= 0.3 is 21.7 Å². The van der Waals surface area contributed by atoms with Crippen LogP contribution in [0, 0.1) is 0 Å². The van der Waals surface area contributed by atoms with E-state index in [-0.39, 0.29) is 58.9 Å². The van der Waals surface area contributed by atoms with Gasteiger partial charge in [-0.15, -0.1) is 5.19 Å². The fourth-order valence-electron chi connectivity index (χ4n) is 10.7. The van der Waals surface area contributed by atoms with Gasteiger partial charge in [0, 0.05) is 0 Å². The normalized spacial score (nSPS) is 11.6. The Labute approximate surface area is 456 Å². The quantitative estimate of drug-likeness (QED) is 0.0188. The van der Waals surface area contributed by atoms with Crippen LogP contribution in [0.5, 0.6) is 0 Å². The first-order valence-corrected chi connectivity index (χ1v) is 30.0. The van der Waals surface area contributed by atoms with Gasteiger partial charge in [0.2, 0.25) is 0 Å². The van der Waals surface area contributed by atoms with E-state index in [1.54, 1.807) is 59.7 Å². The summed E-state index contributed by atoms with van der Waals surface area (Å²) in [6, 6.07) is 32.4. The average molecular weight is 1040 g/mol. The largest absolute Gasteiger partial charge is 4.00 e. The topological polar surface area (TPSA) is 0 Å². The number of aryl methyl sites for hydroxylation is 6. The van der Waals surface area contributed by atoms with Crippen LogP contribution in [-0.2, 0) is 60.2 Å². The summed E-state index contributed by atoms with van der Waals surface area (Å²) in [5, 5.41) is 6.69. The predicted octanol–water partition coefficient (Wildman–Crippen LogP) is 8.04.